The molecule has 3 fully saturated rings. The number of para-hydroxylation sites is 1. The molecule has 7 nitrogen and oxygen atoms in total. The van der Waals surface area contributed by atoms with Gasteiger partial charge in [0.1, 0.15) is 11.4 Å². The molecule has 8 heteroatoms. The first kappa shape index (κ1) is 29.4. The summed E-state index contributed by atoms with van der Waals surface area (Å²) < 4.78 is 25.5. The molecule has 226 valence electrons. The molecule has 4 aliphatic rings. The minimum atomic E-state index is -3.37. The van der Waals surface area contributed by atoms with Crippen molar-refractivity contribution in [2.45, 2.75) is 113 Å². The molecule has 1 saturated heterocycles. The average molecular weight is 591 g/mol. The van der Waals surface area contributed by atoms with Gasteiger partial charge in [0.15, 0.2) is 9.84 Å². The molecule has 2 heterocycles. The third kappa shape index (κ3) is 5.41. The second-order valence-corrected chi connectivity index (χ2v) is 15.8. The van der Waals surface area contributed by atoms with Gasteiger partial charge in [0.05, 0.1) is 15.8 Å². The molecular formula is C34H46N4O3S. The lowest BCUT2D eigenvalue weighted by Crippen LogP contribution is -2.64. The third-order valence-electron chi connectivity index (χ3n) is 10.3. The zero-order valence-electron chi connectivity index (χ0n) is 25.4. The van der Waals surface area contributed by atoms with Crippen LogP contribution in [0.25, 0.3) is 11.1 Å². The quantitative estimate of drug-likeness (QED) is 0.383. The number of nitrogens with zero attached hydrogens (tertiary/aromatic N) is 3. The molecule has 2 aliphatic carbocycles. The molecule has 2 aliphatic heterocycles. The monoisotopic (exact) mass is 590 g/mol. The van der Waals surface area contributed by atoms with Gasteiger partial charge < -0.3 is 10.2 Å². The number of nitrogens with one attached hydrogen (secondary N) is 1. The SMILES string of the molecule is CC(C)S(=O)(=O)c1ccc(-c2ccccc2N2C(=O)N=C(NC3CCCCC3)[C@@]23CCN(CC2CCC2)[C@H](C)C3)cc1. The summed E-state index contributed by atoms with van der Waals surface area (Å²) in [5.41, 5.74) is 2.12. The van der Waals surface area contributed by atoms with Gasteiger partial charge in [0.2, 0.25) is 0 Å². The number of benzene rings is 2. The molecule has 6 rings (SSSR count). The summed E-state index contributed by atoms with van der Waals surface area (Å²) in [6.07, 6.45) is 11.6. The number of amidine groups is 1. The summed E-state index contributed by atoms with van der Waals surface area (Å²) in [5.74, 6) is 1.65. The van der Waals surface area contributed by atoms with E-state index >= 15 is 0 Å². The number of urea groups is 1. The van der Waals surface area contributed by atoms with Crippen molar-refractivity contribution in [3.63, 3.8) is 0 Å². The van der Waals surface area contributed by atoms with E-state index in [1.807, 2.05) is 41.3 Å². The number of piperidine rings is 1. The largest absolute Gasteiger partial charge is 0.369 e. The van der Waals surface area contributed by atoms with Crippen molar-refractivity contribution < 1.29 is 13.2 Å². The number of aliphatic imine (C=N–C) groups is 1. The summed E-state index contributed by atoms with van der Waals surface area (Å²) in [4.78, 5) is 23.7. The second kappa shape index (κ2) is 11.8. The number of rotatable bonds is 7. The molecular weight excluding hydrogens is 544 g/mol. The summed E-state index contributed by atoms with van der Waals surface area (Å²) >= 11 is 0. The number of carbonyl (C=O) groups excluding carboxylic acids is 1. The summed E-state index contributed by atoms with van der Waals surface area (Å²) in [7, 11) is -3.37. The van der Waals surface area contributed by atoms with Crippen LogP contribution in [0.15, 0.2) is 58.4 Å². The van der Waals surface area contributed by atoms with Gasteiger partial charge in [-0.2, -0.15) is 4.99 Å². The van der Waals surface area contributed by atoms with Crippen molar-refractivity contribution in [3.05, 3.63) is 48.5 Å². The number of likely N-dealkylation sites (tertiary alicyclic amines) is 1. The van der Waals surface area contributed by atoms with E-state index in [1.165, 1.54) is 38.5 Å². The number of carbonyl (C=O) groups is 1. The molecule has 1 N–H and O–H groups in total. The van der Waals surface area contributed by atoms with Crippen molar-refractivity contribution in [2.24, 2.45) is 10.9 Å². The lowest BCUT2D eigenvalue weighted by atomic mass is 9.78. The topological polar surface area (TPSA) is 82.1 Å². The van der Waals surface area contributed by atoms with Gasteiger partial charge in [-0.1, -0.05) is 56.0 Å². The molecule has 42 heavy (non-hydrogen) atoms. The van der Waals surface area contributed by atoms with Crippen LogP contribution in [0.2, 0.25) is 0 Å². The Morgan fingerprint density at radius 1 is 0.976 bits per heavy atom. The molecule has 2 aromatic rings. The Hall–Kier alpha value is -2.71. The minimum absolute atomic E-state index is 0.209. The number of hydrogen-bond acceptors (Lipinski definition) is 5. The van der Waals surface area contributed by atoms with Gasteiger partial charge in [0, 0.05) is 30.7 Å². The van der Waals surface area contributed by atoms with E-state index in [2.05, 4.69) is 17.1 Å². The Kier molecular flexibility index (Phi) is 8.22. The Morgan fingerprint density at radius 2 is 1.69 bits per heavy atom. The Labute approximate surface area is 251 Å². The van der Waals surface area contributed by atoms with Gasteiger partial charge in [0.25, 0.3) is 0 Å². The van der Waals surface area contributed by atoms with Crippen molar-refractivity contribution in [1.82, 2.24) is 10.2 Å². The fraction of sp³-hybridized carbons (Fsp3) is 0.588. The number of anilines is 1. The highest BCUT2D eigenvalue weighted by Crippen LogP contribution is 2.45. The van der Waals surface area contributed by atoms with Gasteiger partial charge in [-0.15, -0.1) is 0 Å². The third-order valence-corrected chi connectivity index (χ3v) is 12.4. The standard InChI is InChI=1S/C34H46N4O3S/c1-24(2)42(40,41)29-18-16-27(17-19-29)30-14-7-8-15-31(30)38-33(39)36-32(35-28-12-5-4-6-13-28)34(38)20-21-37(25(3)22-34)23-26-10-9-11-26/h7-8,14-19,24-26,28H,4-6,9-13,20-23H2,1-3H3,(H,35,36,39)/t25-,34+/m1/s1. The lowest BCUT2D eigenvalue weighted by Gasteiger charge is -2.50. The summed E-state index contributed by atoms with van der Waals surface area (Å²) in [5, 5.41) is 3.32. The van der Waals surface area contributed by atoms with Gasteiger partial charge in [-0.25, -0.2) is 13.2 Å². The minimum Gasteiger partial charge on any atom is -0.369 e. The van der Waals surface area contributed by atoms with E-state index in [4.69, 9.17) is 4.99 Å². The summed E-state index contributed by atoms with van der Waals surface area (Å²) in [6, 6.07) is 15.6. The van der Waals surface area contributed by atoms with E-state index in [0.717, 1.165) is 67.3 Å². The molecule has 0 unspecified atom stereocenters. The van der Waals surface area contributed by atoms with Crippen LogP contribution in [0.4, 0.5) is 10.5 Å². The van der Waals surface area contributed by atoms with Crippen LogP contribution in [0, 0.1) is 5.92 Å². The van der Waals surface area contributed by atoms with Crippen molar-refractivity contribution in [1.29, 1.82) is 0 Å². The molecule has 2 saturated carbocycles. The molecule has 2 atom stereocenters. The average Bonchev–Trinajstić information content (AvgIpc) is 3.21. The first-order valence-electron chi connectivity index (χ1n) is 16.1. The fourth-order valence-electron chi connectivity index (χ4n) is 7.45. The highest BCUT2D eigenvalue weighted by molar-refractivity contribution is 7.92. The van der Waals surface area contributed by atoms with Crippen molar-refractivity contribution >= 4 is 27.4 Å². The van der Waals surface area contributed by atoms with Gasteiger partial charge >= 0.3 is 6.03 Å². The van der Waals surface area contributed by atoms with Crippen LogP contribution < -0.4 is 10.2 Å². The second-order valence-electron chi connectivity index (χ2n) is 13.3. The van der Waals surface area contributed by atoms with Crippen LogP contribution in [0.5, 0.6) is 0 Å². The van der Waals surface area contributed by atoms with E-state index in [0.29, 0.717) is 17.0 Å². The summed E-state index contributed by atoms with van der Waals surface area (Å²) in [6.45, 7) is 7.81. The van der Waals surface area contributed by atoms with E-state index < -0.39 is 20.6 Å². The molecule has 2 aromatic carbocycles. The Balaban J connectivity index is 1.36. The van der Waals surface area contributed by atoms with E-state index in [9.17, 15) is 13.2 Å². The zero-order valence-corrected chi connectivity index (χ0v) is 26.2. The van der Waals surface area contributed by atoms with Crippen molar-refractivity contribution in [2.75, 3.05) is 18.0 Å². The first-order valence-corrected chi connectivity index (χ1v) is 17.6. The van der Waals surface area contributed by atoms with Crippen LogP contribution in [-0.2, 0) is 9.84 Å². The highest BCUT2D eigenvalue weighted by Gasteiger charge is 2.54. The smallest absolute Gasteiger partial charge is 0.350 e. The number of sulfone groups is 1. The van der Waals surface area contributed by atoms with E-state index in [-0.39, 0.29) is 6.03 Å². The number of amides is 2. The fourth-order valence-corrected chi connectivity index (χ4v) is 8.51. The molecule has 1 spiro atoms. The predicted molar refractivity (Wildman–Crippen MR) is 170 cm³/mol. The highest BCUT2D eigenvalue weighted by atomic mass is 32.2. The first-order chi connectivity index (χ1) is 20.2. The van der Waals surface area contributed by atoms with Crippen molar-refractivity contribution in [3.8, 4) is 11.1 Å². The Morgan fingerprint density at radius 3 is 2.33 bits per heavy atom. The number of hydrogen-bond donors (Lipinski definition) is 1. The lowest BCUT2D eigenvalue weighted by molar-refractivity contribution is 0.0897. The molecule has 2 amide bonds. The van der Waals surface area contributed by atoms with E-state index in [1.54, 1.807) is 26.0 Å². The zero-order chi connectivity index (χ0) is 29.5. The molecule has 0 aromatic heterocycles. The maximum absolute atomic E-state index is 14.0. The molecule has 0 bridgehead atoms. The van der Waals surface area contributed by atoms with Gasteiger partial charge in [-0.3, -0.25) is 4.90 Å². The Bertz CT molecular complexity index is 1430. The normalized spacial score (nSPS) is 26.1. The van der Waals surface area contributed by atoms with Crippen LogP contribution in [0.1, 0.15) is 85.0 Å². The predicted octanol–water partition coefficient (Wildman–Crippen LogP) is 6.82. The maximum atomic E-state index is 14.0. The molecule has 0 radical (unpaired) electrons. The van der Waals surface area contributed by atoms with Crippen LogP contribution in [0.3, 0.4) is 0 Å². The van der Waals surface area contributed by atoms with Crippen LogP contribution in [-0.4, -0.2) is 61.1 Å². The maximum Gasteiger partial charge on any atom is 0.350 e. The van der Waals surface area contributed by atoms with Crippen LogP contribution >= 0.6 is 0 Å². The van der Waals surface area contributed by atoms with Gasteiger partial charge in [-0.05, 0) is 89.0 Å².